The van der Waals surface area contributed by atoms with Crippen molar-refractivity contribution in [3.05, 3.63) is 82.8 Å². The zero-order valence-corrected chi connectivity index (χ0v) is 18.7. The van der Waals surface area contributed by atoms with E-state index in [-0.39, 0.29) is 11.7 Å². The Hall–Kier alpha value is -3.03. The number of hydrogen-bond donors (Lipinski definition) is 1. The van der Waals surface area contributed by atoms with Gasteiger partial charge in [-0.05, 0) is 67.4 Å². The highest BCUT2D eigenvalue weighted by Crippen LogP contribution is 2.27. The van der Waals surface area contributed by atoms with Gasteiger partial charge in [-0.2, -0.15) is 0 Å². The molecule has 8 heteroatoms. The highest BCUT2D eigenvalue weighted by Gasteiger charge is 2.17. The average Bonchev–Trinajstić information content (AvgIpc) is 3.40. The second-order valence-electron chi connectivity index (χ2n) is 7.13. The molecule has 0 spiro atoms. The molecule has 4 rings (SSSR count). The molecule has 1 N–H and O–H groups in total. The van der Waals surface area contributed by atoms with Crippen molar-refractivity contribution in [1.29, 1.82) is 0 Å². The van der Waals surface area contributed by atoms with Gasteiger partial charge >= 0.3 is 0 Å². The van der Waals surface area contributed by atoms with Gasteiger partial charge in [-0.25, -0.2) is 0 Å². The number of nitrogens with zero attached hydrogens (tertiary/aromatic N) is 3. The minimum absolute atomic E-state index is 0.0979. The maximum absolute atomic E-state index is 12.6. The highest BCUT2D eigenvalue weighted by atomic mass is 35.5. The van der Waals surface area contributed by atoms with Gasteiger partial charge < -0.3 is 9.73 Å². The Morgan fingerprint density at radius 1 is 1.13 bits per heavy atom. The van der Waals surface area contributed by atoms with Crippen LogP contribution in [-0.2, 0) is 11.3 Å². The minimum atomic E-state index is -0.0979. The SMILES string of the molecule is Cc1ccc(C)c(NC(=O)CSc2nnc(-c3ccc(Cl)cc3)n2Cc2ccco2)c1. The number of benzene rings is 2. The summed E-state index contributed by atoms with van der Waals surface area (Å²) in [4.78, 5) is 12.6. The number of anilines is 1. The Labute approximate surface area is 189 Å². The molecule has 2 aromatic heterocycles. The van der Waals surface area contributed by atoms with Crippen LogP contribution in [0.25, 0.3) is 11.4 Å². The second kappa shape index (κ2) is 9.41. The summed E-state index contributed by atoms with van der Waals surface area (Å²) in [5.41, 5.74) is 3.83. The van der Waals surface area contributed by atoms with Crippen LogP contribution in [0.3, 0.4) is 0 Å². The molecular weight excluding hydrogens is 432 g/mol. The van der Waals surface area contributed by atoms with Crippen LogP contribution in [-0.4, -0.2) is 26.4 Å². The van der Waals surface area contributed by atoms with E-state index >= 15 is 0 Å². The maximum Gasteiger partial charge on any atom is 0.234 e. The van der Waals surface area contributed by atoms with Crippen molar-refractivity contribution >= 4 is 35.0 Å². The average molecular weight is 453 g/mol. The third-order valence-corrected chi connectivity index (χ3v) is 5.93. The van der Waals surface area contributed by atoms with Gasteiger partial charge in [-0.1, -0.05) is 35.5 Å². The number of carbonyl (C=O) groups is 1. The third-order valence-electron chi connectivity index (χ3n) is 4.71. The number of nitrogens with one attached hydrogen (secondary N) is 1. The molecule has 0 aliphatic carbocycles. The van der Waals surface area contributed by atoms with E-state index in [1.54, 1.807) is 6.26 Å². The van der Waals surface area contributed by atoms with Gasteiger partial charge in [0.05, 0.1) is 18.6 Å². The molecule has 1 amide bonds. The summed E-state index contributed by atoms with van der Waals surface area (Å²) in [6.07, 6.45) is 1.63. The predicted octanol–water partition coefficient (Wildman–Crippen LogP) is 5.59. The fourth-order valence-electron chi connectivity index (χ4n) is 3.10. The largest absolute Gasteiger partial charge is 0.467 e. The molecule has 0 radical (unpaired) electrons. The Morgan fingerprint density at radius 3 is 2.68 bits per heavy atom. The van der Waals surface area contributed by atoms with E-state index in [0.717, 1.165) is 28.1 Å². The first-order valence-corrected chi connectivity index (χ1v) is 11.1. The molecule has 0 atom stereocenters. The van der Waals surface area contributed by atoms with Crippen molar-refractivity contribution in [2.24, 2.45) is 0 Å². The number of furan rings is 1. The van der Waals surface area contributed by atoms with Crippen LogP contribution in [0.1, 0.15) is 16.9 Å². The van der Waals surface area contributed by atoms with Crippen LogP contribution >= 0.6 is 23.4 Å². The molecule has 0 saturated carbocycles. The fourth-order valence-corrected chi connectivity index (χ4v) is 3.96. The molecule has 31 heavy (non-hydrogen) atoms. The van der Waals surface area contributed by atoms with Gasteiger partial charge in [-0.15, -0.1) is 10.2 Å². The van der Waals surface area contributed by atoms with Crippen molar-refractivity contribution in [2.45, 2.75) is 25.5 Å². The smallest absolute Gasteiger partial charge is 0.234 e. The van der Waals surface area contributed by atoms with Crippen molar-refractivity contribution in [1.82, 2.24) is 14.8 Å². The van der Waals surface area contributed by atoms with Gasteiger partial charge in [-0.3, -0.25) is 9.36 Å². The summed E-state index contributed by atoms with van der Waals surface area (Å²) < 4.78 is 7.46. The molecule has 0 fully saturated rings. The Kier molecular flexibility index (Phi) is 6.44. The first kappa shape index (κ1) is 21.2. The Morgan fingerprint density at radius 2 is 1.94 bits per heavy atom. The van der Waals surface area contributed by atoms with Crippen molar-refractivity contribution in [3.63, 3.8) is 0 Å². The first-order chi connectivity index (χ1) is 15.0. The second-order valence-corrected chi connectivity index (χ2v) is 8.51. The molecular formula is C23H21ClN4O2S. The van der Waals surface area contributed by atoms with Crippen molar-refractivity contribution in [2.75, 3.05) is 11.1 Å². The number of thioether (sulfide) groups is 1. The normalized spacial score (nSPS) is 10.9. The summed E-state index contributed by atoms with van der Waals surface area (Å²) in [7, 11) is 0. The minimum Gasteiger partial charge on any atom is -0.467 e. The number of carbonyl (C=O) groups excluding carboxylic acids is 1. The van der Waals surface area contributed by atoms with E-state index in [1.807, 2.05) is 73.0 Å². The van der Waals surface area contributed by atoms with E-state index in [4.69, 9.17) is 16.0 Å². The molecule has 6 nitrogen and oxygen atoms in total. The van der Waals surface area contributed by atoms with Gasteiger partial charge in [0.25, 0.3) is 0 Å². The van der Waals surface area contributed by atoms with Gasteiger partial charge in [0.15, 0.2) is 11.0 Å². The quantitative estimate of drug-likeness (QED) is 0.370. The number of aryl methyl sites for hydroxylation is 2. The van der Waals surface area contributed by atoms with Crippen molar-refractivity contribution < 1.29 is 9.21 Å². The summed E-state index contributed by atoms with van der Waals surface area (Å²) in [6.45, 7) is 4.43. The summed E-state index contributed by atoms with van der Waals surface area (Å²) in [6, 6.07) is 17.1. The number of rotatable bonds is 7. The van der Waals surface area contributed by atoms with Crippen LogP contribution in [0.4, 0.5) is 5.69 Å². The zero-order chi connectivity index (χ0) is 21.8. The summed E-state index contributed by atoms with van der Waals surface area (Å²) >= 11 is 7.36. The van der Waals surface area contributed by atoms with Crippen molar-refractivity contribution in [3.8, 4) is 11.4 Å². The predicted molar refractivity (Wildman–Crippen MR) is 124 cm³/mol. The first-order valence-electron chi connectivity index (χ1n) is 9.71. The summed E-state index contributed by atoms with van der Waals surface area (Å²) in [5.74, 6) is 1.58. The number of amides is 1. The van der Waals surface area contributed by atoms with Crippen LogP contribution in [0.15, 0.2) is 70.4 Å². The number of halogens is 1. The lowest BCUT2D eigenvalue weighted by molar-refractivity contribution is -0.113. The molecule has 0 aliphatic heterocycles. The maximum atomic E-state index is 12.6. The molecule has 0 saturated heterocycles. The van der Waals surface area contributed by atoms with E-state index < -0.39 is 0 Å². The molecule has 2 aromatic carbocycles. The fraction of sp³-hybridized carbons (Fsp3) is 0.174. The molecule has 0 unspecified atom stereocenters. The highest BCUT2D eigenvalue weighted by molar-refractivity contribution is 7.99. The Bertz CT molecular complexity index is 1190. The molecule has 2 heterocycles. The molecule has 0 aliphatic rings. The van der Waals surface area contributed by atoms with Crippen LogP contribution in [0.2, 0.25) is 5.02 Å². The van der Waals surface area contributed by atoms with E-state index in [1.165, 1.54) is 11.8 Å². The lowest BCUT2D eigenvalue weighted by atomic mass is 10.1. The van der Waals surface area contributed by atoms with Crippen LogP contribution in [0, 0.1) is 13.8 Å². The van der Waals surface area contributed by atoms with Crippen LogP contribution in [0.5, 0.6) is 0 Å². The van der Waals surface area contributed by atoms with E-state index in [2.05, 4.69) is 15.5 Å². The molecule has 158 valence electrons. The lowest BCUT2D eigenvalue weighted by Gasteiger charge is -2.10. The van der Waals surface area contributed by atoms with Gasteiger partial charge in [0, 0.05) is 16.3 Å². The molecule has 0 bridgehead atoms. The molecule has 4 aromatic rings. The lowest BCUT2D eigenvalue weighted by Crippen LogP contribution is -2.15. The third kappa shape index (κ3) is 5.18. The van der Waals surface area contributed by atoms with E-state index in [0.29, 0.717) is 22.5 Å². The zero-order valence-electron chi connectivity index (χ0n) is 17.1. The number of hydrogen-bond acceptors (Lipinski definition) is 5. The van der Waals surface area contributed by atoms with E-state index in [9.17, 15) is 4.79 Å². The van der Waals surface area contributed by atoms with Gasteiger partial charge in [0.1, 0.15) is 5.76 Å². The van der Waals surface area contributed by atoms with Crippen LogP contribution < -0.4 is 5.32 Å². The summed E-state index contributed by atoms with van der Waals surface area (Å²) in [5, 5.41) is 13.0. The standard InChI is InChI=1S/C23H21ClN4O2S/c1-15-5-6-16(2)20(12-15)25-21(29)14-31-23-27-26-22(17-7-9-18(24)10-8-17)28(23)13-19-4-3-11-30-19/h3-12H,13-14H2,1-2H3,(H,25,29). The topological polar surface area (TPSA) is 73.0 Å². The number of aromatic nitrogens is 3. The van der Waals surface area contributed by atoms with Gasteiger partial charge in [0.2, 0.25) is 5.91 Å². The Balaban J connectivity index is 1.54. The monoisotopic (exact) mass is 452 g/mol.